The minimum Gasteiger partial charge on any atom is -0.318 e. The van der Waals surface area contributed by atoms with Gasteiger partial charge in [-0.1, -0.05) is 18.2 Å². The van der Waals surface area contributed by atoms with Gasteiger partial charge < -0.3 is 4.57 Å². The Morgan fingerprint density at radius 2 is 1.48 bits per heavy atom. The van der Waals surface area contributed by atoms with E-state index >= 15 is 0 Å². The van der Waals surface area contributed by atoms with Crippen molar-refractivity contribution in [3.05, 3.63) is 88.0 Å². The van der Waals surface area contributed by atoms with Crippen LogP contribution in [0, 0.1) is 42.9 Å². The number of amides is 1. The van der Waals surface area contributed by atoms with E-state index in [0.29, 0.717) is 11.9 Å². The van der Waals surface area contributed by atoms with Crippen LogP contribution >= 0.6 is 0 Å². The summed E-state index contributed by atoms with van der Waals surface area (Å²) in [7, 11) is 0. The molecule has 9 heteroatoms. The van der Waals surface area contributed by atoms with Gasteiger partial charge in [0, 0.05) is 17.1 Å². The van der Waals surface area contributed by atoms with Crippen molar-refractivity contribution >= 4 is 12.1 Å². The first-order valence-electron chi connectivity index (χ1n) is 8.33. The monoisotopic (exact) mass is 407 g/mol. The fraction of sp³-hybridized carbons (Fsp3) is 0.100. The first-order chi connectivity index (χ1) is 13.7. The fourth-order valence-corrected chi connectivity index (χ4v) is 2.92. The van der Waals surface area contributed by atoms with Crippen molar-refractivity contribution in [1.29, 1.82) is 0 Å². The first-order valence-corrected chi connectivity index (χ1v) is 8.33. The number of carbonyl (C=O) groups is 1. The Labute approximate surface area is 162 Å². The molecular weight excluding hydrogens is 393 g/mol. The minimum absolute atomic E-state index is 0.237. The highest BCUT2D eigenvalue weighted by Gasteiger charge is 2.24. The van der Waals surface area contributed by atoms with Crippen molar-refractivity contribution in [1.82, 2.24) is 9.99 Å². The summed E-state index contributed by atoms with van der Waals surface area (Å²) in [6.07, 6.45) is 0.366. The number of benzene rings is 2. The van der Waals surface area contributed by atoms with Crippen LogP contribution in [-0.4, -0.2) is 16.7 Å². The number of rotatable bonds is 4. The van der Waals surface area contributed by atoms with Crippen molar-refractivity contribution in [2.24, 2.45) is 5.10 Å². The van der Waals surface area contributed by atoms with Crippen molar-refractivity contribution in [3.63, 3.8) is 0 Å². The molecule has 1 N–H and O–H groups in total. The van der Waals surface area contributed by atoms with E-state index in [1.807, 2.05) is 40.3 Å². The SMILES string of the molecule is Cc1cc(C(=O)N/N=C\c2c(F)c(F)c(F)c(F)c2F)c(C)n1-c1ccccc1. The molecule has 0 aliphatic rings. The molecule has 150 valence electrons. The predicted octanol–water partition coefficient (Wildman–Crippen LogP) is 4.55. The summed E-state index contributed by atoms with van der Waals surface area (Å²) in [4.78, 5) is 12.4. The standard InChI is InChI=1S/C20H14F5N3O/c1-10-8-13(11(2)28(10)12-6-4-3-5-7-12)20(29)27-26-9-14-15(21)17(23)19(25)18(24)16(14)22/h3-9H,1-2H3,(H,27,29)/b26-9-. The van der Waals surface area contributed by atoms with E-state index in [-0.39, 0.29) is 5.56 Å². The zero-order chi connectivity index (χ0) is 21.3. The van der Waals surface area contributed by atoms with Gasteiger partial charge in [-0.25, -0.2) is 27.4 Å². The van der Waals surface area contributed by atoms with Crippen LogP contribution in [0.1, 0.15) is 27.3 Å². The van der Waals surface area contributed by atoms with E-state index in [2.05, 4.69) is 5.10 Å². The molecule has 0 fully saturated rings. The number of aryl methyl sites for hydroxylation is 1. The summed E-state index contributed by atoms with van der Waals surface area (Å²) in [5.41, 5.74) is 3.18. The maximum atomic E-state index is 13.6. The number of carbonyl (C=O) groups excluding carboxylic acids is 1. The Hall–Kier alpha value is -3.49. The van der Waals surface area contributed by atoms with Crippen molar-refractivity contribution in [2.45, 2.75) is 13.8 Å². The molecule has 0 aliphatic carbocycles. The molecule has 4 nitrogen and oxygen atoms in total. The van der Waals surface area contributed by atoms with Crippen LogP contribution in [0.5, 0.6) is 0 Å². The second-order valence-electron chi connectivity index (χ2n) is 6.14. The van der Waals surface area contributed by atoms with E-state index in [1.54, 1.807) is 19.9 Å². The third-order valence-electron chi connectivity index (χ3n) is 4.29. The van der Waals surface area contributed by atoms with Gasteiger partial charge in [0.05, 0.1) is 17.3 Å². The van der Waals surface area contributed by atoms with E-state index < -0.39 is 40.6 Å². The average molecular weight is 407 g/mol. The number of hydrogen-bond donors (Lipinski definition) is 1. The lowest BCUT2D eigenvalue weighted by molar-refractivity contribution is 0.0954. The summed E-state index contributed by atoms with van der Waals surface area (Å²) in [5.74, 6) is -11.2. The van der Waals surface area contributed by atoms with Crippen LogP contribution in [0.15, 0.2) is 41.5 Å². The van der Waals surface area contributed by atoms with Crippen LogP contribution in [0.25, 0.3) is 5.69 Å². The summed E-state index contributed by atoms with van der Waals surface area (Å²) in [6, 6.07) is 10.8. The third-order valence-corrected chi connectivity index (χ3v) is 4.29. The van der Waals surface area contributed by atoms with Gasteiger partial charge in [-0.2, -0.15) is 5.10 Å². The maximum Gasteiger partial charge on any atom is 0.273 e. The molecule has 0 atom stereocenters. The van der Waals surface area contributed by atoms with Crippen molar-refractivity contribution in [3.8, 4) is 5.69 Å². The van der Waals surface area contributed by atoms with E-state index in [4.69, 9.17) is 0 Å². The number of aromatic nitrogens is 1. The highest BCUT2D eigenvalue weighted by atomic mass is 19.2. The maximum absolute atomic E-state index is 13.6. The first kappa shape index (κ1) is 20.2. The number of nitrogens with zero attached hydrogens (tertiary/aromatic N) is 2. The van der Waals surface area contributed by atoms with Crippen LogP contribution in [0.3, 0.4) is 0 Å². The van der Waals surface area contributed by atoms with Crippen LogP contribution in [-0.2, 0) is 0 Å². The minimum atomic E-state index is -2.27. The zero-order valence-electron chi connectivity index (χ0n) is 15.2. The number of nitrogens with one attached hydrogen (secondary N) is 1. The molecule has 0 aliphatic heterocycles. The number of hydrogen-bond acceptors (Lipinski definition) is 2. The molecule has 3 rings (SSSR count). The van der Waals surface area contributed by atoms with Gasteiger partial charge in [-0.3, -0.25) is 4.79 Å². The third kappa shape index (κ3) is 3.63. The topological polar surface area (TPSA) is 46.4 Å². The quantitative estimate of drug-likeness (QED) is 0.223. The highest BCUT2D eigenvalue weighted by molar-refractivity contribution is 5.96. The average Bonchev–Trinajstić information content (AvgIpc) is 3.02. The normalized spacial score (nSPS) is 11.3. The van der Waals surface area contributed by atoms with Crippen molar-refractivity contribution in [2.75, 3.05) is 0 Å². The zero-order valence-corrected chi connectivity index (χ0v) is 15.2. The van der Waals surface area contributed by atoms with Gasteiger partial charge in [-0.15, -0.1) is 0 Å². The van der Waals surface area contributed by atoms with Gasteiger partial charge in [0.1, 0.15) is 0 Å². The van der Waals surface area contributed by atoms with Crippen LogP contribution < -0.4 is 5.43 Å². The highest BCUT2D eigenvalue weighted by Crippen LogP contribution is 2.22. The Morgan fingerprint density at radius 3 is 2.07 bits per heavy atom. The Morgan fingerprint density at radius 1 is 0.931 bits per heavy atom. The molecule has 0 saturated heterocycles. The van der Waals surface area contributed by atoms with Gasteiger partial charge in [0.15, 0.2) is 23.3 Å². The van der Waals surface area contributed by atoms with Crippen LogP contribution in [0.2, 0.25) is 0 Å². The molecule has 1 amide bonds. The Bertz CT molecular complexity index is 1090. The molecule has 0 radical (unpaired) electrons. The van der Waals surface area contributed by atoms with Crippen LogP contribution in [0.4, 0.5) is 22.0 Å². The summed E-state index contributed by atoms with van der Waals surface area (Å²) < 4.78 is 68.5. The summed E-state index contributed by atoms with van der Waals surface area (Å²) in [6.45, 7) is 3.48. The molecule has 1 aromatic heterocycles. The van der Waals surface area contributed by atoms with Crippen molar-refractivity contribution < 1.29 is 26.7 Å². The smallest absolute Gasteiger partial charge is 0.273 e. The fourth-order valence-electron chi connectivity index (χ4n) is 2.92. The van der Waals surface area contributed by atoms with E-state index in [1.165, 1.54) is 0 Å². The van der Waals surface area contributed by atoms with E-state index in [9.17, 15) is 26.7 Å². The second kappa shape index (κ2) is 7.86. The second-order valence-corrected chi connectivity index (χ2v) is 6.14. The van der Waals surface area contributed by atoms with E-state index in [0.717, 1.165) is 11.4 Å². The van der Waals surface area contributed by atoms with Gasteiger partial charge >= 0.3 is 0 Å². The molecule has 0 bridgehead atoms. The molecule has 0 spiro atoms. The lowest BCUT2D eigenvalue weighted by Crippen LogP contribution is -2.19. The summed E-state index contributed by atoms with van der Waals surface area (Å²) >= 11 is 0. The molecule has 29 heavy (non-hydrogen) atoms. The lowest BCUT2D eigenvalue weighted by Gasteiger charge is -2.09. The van der Waals surface area contributed by atoms with Gasteiger partial charge in [0.25, 0.3) is 5.91 Å². The molecule has 1 heterocycles. The predicted molar refractivity (Wildman–Crippen MR) is 96.5 cm³/mol. The van der Waals surface area contributed by atoms with Gasteiger partial charge in [0.2, 0.25) is 5.82 Å². The number of halogens is 5. The number of para-hydroxylation sites is 1. The van der Waals surface area contributed by atoms with Gasteiger partial charge in [-0.05, 0) is 32.0 Å². The number of hydrazone groups is 1. The Balaban J connectivity index is 1.86. The Kier molecular flexibility index (Phi) is 5.49. The molecular formula is C20H14F5N3O. The molecule has 3 aromatic rings. The molecule has 2 aromatic carbocycles. The lowest BCUT2D eigenvalue weighted by atomic mass is 10.2. The molecule has 0 saturated carbocycles. The molecule has 0 unspecified atom stereocenters. The largest absolute Gasteiger partial charge is 0.318 e. The summed E-state index contributed by atoms with van der Waals surface area (Å²) in [5, 5.41) is 3.33.